The molecule has 0 bridgehead atoms. The van der Waals surface area contributed by atoms with Crippen LogP contribution in [0.1, 0.15) is 42.5 Å². The first-order valence-electron chi connectivity index (χ1n) is 7.18. The molecular weight excluding hydrogens is 349 g/mol. The number of hydrogen-bond acceptors (Lipinski definition) is 2. The molecule has 1 aromatic carbocycles. The zero-order valence-corrected chi connectivity index (χ0v) is 13.8. The van der Waals surface area contributed by atoms with Gasteiger partial charge in [-0.05, 0) is 36.1 Å². The van der Waals surface area contributed by atoms with Crippen LogP contribution in [-0.4, -0.2) is 10.5 Å². The lowest BCUT2D eigenvalue weighted by atomic mass is 9.90. The van der Waals surface area contributed by atoms with E-state index in [4.69, 9.17) is 0 Å². The van der Waals surface area contributed by atoms with Crippen LogP contribution in [0.15, 0.2) is 51.9 Å². The summed E-state index contributed by atoms with van der Waals surface area (Å²) in [6.45, 7) is 1.99. The van der Waals surface area contributed by atoms with Crippen molar-refractivity contribution in [3.63, 3.8) is 0 Å². The van der Waals surface area contributed by atoms with Crippen molar-refractivity contribution >= 4 is 21.8 Å². The molecule has 116 valence electrons. The molecule has 0 radical (unpaired) electrons. The SMILES string of the molecule is CCCC(CC(=O)n1ccccc1=O)c1ccc(Br)cc1F. The molecule has 2 rings (SSSR count). The summed E-state index contributed by atoms with van der Waals surface area (Å²) in [5, 5.41) is 0. The molecule has 1 atom stereocenters. The fourth-order valence-electron chi connectivity index (χ4n) is 2.49. The number of aromatic nitrogens is 1. The molecule has 1 unspecified atom stereocenters. The van der Waals surface area contributed by atoms with E-state index >= 15 is 0 Å². The maximum absolute atomic E-state index is 14.1. The van der Waals surface area contributed by atoms with Crippen LogP contribution in [0.3, 0.4) is 0 Å². The summed E-state index contributed by atoms with van der Waals surface area (Å²) in [5.41, 5.74) is 0.154. The van der Waals surface area contributed by atoms with Crippen LogP contribution < -0.4 is 5.56 Å². The topological polar surface area (TPSA) is 39.1 Å². The van der Waals surface area contributed by atoms with E-state index in [1.165, 1.54) is 18.3 Å². The van der Waals surface area contributed by atoms with Crippen molar-refractivity contribution in [2.75, 3.05) is 0 Å². The van der Waals surface area contributed by atoms with E-state index in [1.54, 1.807) is 24.3 Å². The van der Waals surface area contributed by atoms with E-state index in [2.05, 4.69) is 15.9 Å². The number of pyridine rings is 1. The highest BCUT2D eigenvalue weighted by Gasteiger charge is 2.20. The lowest BCUT2D eigenvalue weighted by molar-refractivity contribution is 0.0886. The highest BCUT2D eigenvalue weighted by molar-refractivity contribution is 9.10. The van der Waals surface area contributed by atoms with Crippen molar-refractivity contribution < 1.29 is 9.18 Å². The Morgan fingerprint density at radius 2 is 2.09 bits per heavy atom. The second-order valence-corrected chi connectivity index (χ2v) is 6.07. The van der Waals surface area contributed by atoms with Crippen LogP contribution in [0.5, 0.6) is 0 Å². The first-order valence-corrected chi connectivity index (χ1v) is 7.98. The molecule has 0 saturated heterocycles. The molecule has 0 aliphatic heterocycles. The summed E-state index contributed by atoms with van der Waals surface area (Å²) in [6.07, 6.45) is 3.07. The van der Waals surface area contributed by atoms with Crippen LogP contribution in [-0.2, 0) is 0 Å². The number of carbonyl (C=O) groups is 1. The van der Waals surface area contributed by atoms with Gasteiger partial charge in [-0.1, -0.05) is 41.4 Å². The van der Waals surface area contributed by atoms with Gasteiger partial charge in [-0.2, -0.15) is 0 Å². The van der Waals surface area contributed by atoms with Gasteiger partial charge < -0.3 is 0 Å². The number of carbonyl (C=O) groups excluding carboxylic acids is 1. The molecule has 1 heterocycles. The van der Waals surface area contributed by atoms with Crippen molar-refractivity contribution in [1.29, 1.82) is 0 Å². The normalized spacial score (nSPS) is 12.1. The maximum atomic E-state index is 14.1. The lowest BCUT2D eigenvalue weighted by Gasteiger charge is -2.17. The van der Waals surface area contributed by atoms with Crippen LogP contribution in [0.4, 0.5) is 4.39 Å². The molecule has 0 spiro atoms. The molecule has 1 aromatic heterocycles. The van der Waals surface area contributed by atoms with Gasteiger partial charge in [0.15, 0.2) is 0 Å². The third kappa shape index (κ3) is 3.91. The van der Waals surface area contributed by atoms with Crippen LogP contribution >= 0.6 is 15.9 Å². The predicted octanol–water partition coefficient (Wildman–Crippen LogP) is 4.36. The molecule has 3 nitrogen and oxygen atoms in total. The second kappa shape index (κ2) is 7.49. The average molecular weight is 366 g/mol. The van der Waals surface area contributed by atoms with Gasteiger partial charge in [-0.3, -0.25) is 14.2 Å². The molecule has 0 fully saturated rings. The van der Waals surface area contributed by atoms with Crippen LogP contribution in [0.2, 0.25) is 0 Å². The highest BCUT2D eigenvalue weighted by atomic mass is 79.9. The summed E-state index contributed by atoms with van der Waals surface area (Å²) >= 11 is 3.23. The Hall–Kier alpha value is -1.75. The zero-order valence-electron chi connectivity index (χ0n) is 12.3. The Morgan fingerprint density at radius 1 is 1.32 bits per heavy atom. The monoisotopic (exact) mass is 365 g/mol. The minimum Gasteiger partial charge on any atom is -0.274 e. The quantitative estimate of drug-likeness (QED) is 0.789. The fraction of sp³-hybridized carbons (Fsp3) is 0.294. The number of nitrogens with zero attached hydrogens (tertiary/aromatic N) is 1. The molecule has 0 aliphatic rings. The van der Waals surface area contributed by atoms with Crippen molar-refractivity contribution in [2.24, 2.45) is 0 Å². The number of rotatable bonds is 5. The van der Waals surface area contributed by atoms with Gasteiger partial charge in [0.05, 0.1) is 0 Å². The van der Waals surface area contributed by atoms with Crippen molar-refractivity contribution in [3.8, 4) is 0 Å². The van der Waals surface area contributed by atoms with E-state index in [9.17, 15) is 14.0 Å². The molecule has 0 N–H and O–H groups in total. The smallest absolute Gasteiger partial charge is 0.257 e. The van der Waals surface area contributed by atoms with Crippen molar-refractivity contribution in [3.05, 3.63) is 68.8 Å². The van der Waals surface area contributed by atoms with Crippen LogP contribution in [0, 0.1) is 5.82 Å². The summed E-state index contributed by atoms with van der Waals surface area (Å²) in [6, 6.07) is 9.42. The Labute approximate surface area is 136 Å². The van der Waals surface area contributed by atoms with Crippen LogP contribution in [0.25, 0.3) is 0 Å². The van der Waals surface area contributed by atoms with Gasteiger partial charge >= 0.3 is 0 Å². The Balaban J connectivity index is 2.27. The average Bonchev–Trinajstić information content (AvgIpc) is 2.47. The molecular formula is C17H17BrFNO2. The first-order chi connectivity index (χ1) is 10.5. The minimum atomic E-state index is -0.362. The van der Waals surface area contributed by atoms with Crippen molar-refractivity contribution in [2.45, 2.75) is 32.1 Å². The highest BCUT2D eigenvalue weighted by Crippen LogP contribution is 2.29. The molecule has 2 aromatic rings. The summed E-state index contributed by atoms with van der Waals surface area (Å²) in [7, 11) is 0. The molecule has 0 amide bonds. The van der Waals surface area contributed by atoms with E-state index in [0.717, 1.165) is 11.0 Å². The summed E-state index contributed by atoms with van der Waals surface area (Å²) in [5.74, 6) is -0.884. The predicted molar refractivity (Wildman–Crippen MR) is 87.7 cm³/mol. The van der Waals surface area contributed by atoms with Gasteiger partial charge in [-0.25, -0.2) is 4.39 Å². The van der Waals surface area contributed by atoms with E-state index < -0.39 is 0 Å². The second-order valence-electron chi connectivity index (χ2n) is 5.16. The number of halogens is 2. The largest absolute Gasteiger partial charge is 0.274 e. The third-order valence-electron chi connectivity index (χ3n) is 3.55. The third-order valence-corrected chi connectivity index (χ3v) is 4.04. The number of hydrogen-bond donors (Lipinski definition) is 0. The van der Waals surface area contributed by atoms with Gasteiger partial charge in [-0.15, -0.1) is 0 Å². The maximum Gasteiger partial charge on any atom is 0.257 e. The van der Waals surface area contributed by atoms with E-state index in [0.29, 0.717) is 16.5 Å². The minimum absolute atomic E-state index is 0.107. The van der Waals surface area contributed by atoms with Gasteiger partial charge in [0.1, 0.15) is 5.82 Å². The standard InChI is InChI=1S/C17H17BrFNO2/c1-2-5-12(14-8-7-13(18)11-15(14)19)10-17(22)20-9-4-3-6-16(20)21/h3-4,6-9,11-12H,2,5,10H2,1H3. The Morgan fingerprint density at radius 3 is 2.73 bits per heavy atom. The summed E-state index contributed by atoms with van der Waals surface area (Å²) in [4.78, 5) is 24.0. The number of benzene rings is 1. The van der Waals surface area contributed by atoms with Crippen molar-refractivity contribution in [1.82, 2.24) is 4.57 Å². The summed E-state index contributed by atoms with van der Waals surface area (Å²) < 4.78 is 15.9. The molecule has 5 heteroatoms. The van der Waals surface area contributed by atoms with Gasteiger partial charge in [0.25, 0.3) is 5.56 Å². The molecule has 0 aliphatic carbocycles. The first kappa shape index (κ1) is 16.6. The van der Waals surface area contributed by atoms with Gasteiger partial charge in [0.2, 0.25) is 5.91 Å². The fourth-order valence-corrected chi connectivity index (χ4v) is 2.82. The lowest BCUT2D eigenvalue weighted by Crippen LogP contribution is -2.26. The zero-order chi connectivity index (χ0) is 16.1. The Kier molecular flexibility index (Phi) is 5.66. The Bertz CT molecular complexity index is 727. The molecule has 0 saturated carbocycles. The van der Waals surface area contributed by atoms with E-state index in [1.807, 2.05) is 6.92 Å². The van der Waals surface area contributed by atoms with E-state index in [-0.39, 0.29) is 29.6 Å². The molecule has 22 heavy (non-hydrogen) atoms. The van der Waals surface area contributed by atoms with Gasteiger partial charge in [0, 0.05) is 23.2 Å².